The smallest absolute Gasteiger partial charge is 0.356 e. The summed E-state index contributed by atoms with van der Waals surface area (Å²) in [5.74, 6) is -1.62. The van der Waals surface area contributed by atoms with Crippen LogP contribution in [0.1, 0.15) is 34.8 Å². The van der Waals surface area contributed by atoms with Crippen LogP contribution in [0.3, 0.4) is 0 Å². The molecule has 0 aliphatic heterocycles. The van der Waals surface area contributed by atoms with E-state index in [1.165, 1.54) is 7.11 Å². The summed E-state index contributed by atoms with van der Waals surface area (Å²) in [6.45, 7) is 3.94. The highest BCUT2D eigenvalue weighted by atomic mass is 16.5. The minimum absolute atomic E-state index is 0.0594. The molecule has 0 aliphatic carbocycles. The van der Waals surface area contributed by atoms with Crippen molar-refractivity contribution in [2.45, 2.75) is 19.4 Å². The average molecular weight is 253 g/mol. The summed E-state index contributed by atoms with van der Waals surface area (Å²) in [4.78, 5) is 29.7. The monoisotopic (exact) mass is 253 g/mol. The summed E-state index contributed by atoms with van der Waals surface area (Å²) >= 11 is 0. The zero-order valence-corrected chi connectivity index (χ0v) is 10.4. The summed E-state index contributed by atoms with van der Waals surface area (Å²) in [5.41, 5.74) is -0.689. The maximum Gasteiger partial charge on any atom is 0.356 e. The zero-order chi connectivity index (χ0) is 13.8. The molecule has 7 heteroatoms. The summed E-state index contributed by atoms with van der Waals surface area (Å²) in [7, 11) is 1.54. The molecule has 7 nitrogen and oxygen atoms in total. The van der Waals surface area contributed by atoms with Gasteiger partial charge >= 0.3 is 5.97 Å². The van der Waals surface area contributed by atoms with Gasteiger partial charge in [-0.25, -0.2) is 14.8 Å². The molecule has 0 bridgehead atoms. The highest BCUT2D eigenvalue weighted by Gasteiger charge is 2.22. The van der Waals surface area contributed by atoms with Crippen molar-refractivity contribution in [3.8, 4) is 0 Å². The van der Waals surface area contributed by atoms with Crippen molar-refractivity contribution >= 4 is 11.9 Å². The van der Waals surface area contributed by atoms with E-state index in [0.717, 1.165) is 12.4 Å². The fourth-order valence-electron chi connectivity index (χ4n) is 1.32. The van der Waals surface area contributed by atoms with Gasteiger partial charge in [0.1, 0.15) is 5.69 Å². The number of carboxylic acids is 1. The van der Waals surface area contributed by atoms with Crippen molar-refractivity contribution in [1.29, 1.82) is 0 Å². The Balaban J connectivity index is 2.76. The fourth-order valence-corrected chi connectivity index (χ4v) is 1.32. The lowest BCUT2D eigenvalue weighted by molar-refractivity contribution is 0.0688. The molecule has 0 saturated heterocycles. The Kier molecular flexibility index (Phi) is 4.33. The number of aromatic carboxylic acids is 1. The van der Waals surface area contributed by atoms with Gasteiger partial charge in [0.25, 0.3) is 5.91 Å². The van der Waals surface area contributed by atoms with Crippen LogP contribution in [0.25, 0.3) is 0 Å². The minimum Gasteiger partial charge on any atom is -0.476 e. The van der Waals surface area contributed by atoms with E-state index in [0.29, 0.717) is 6.61 Å². The maximum absolute atomic E-state index is 11.8. The van der Waals surface area contributed by atoms with Gasteiger partial charge < -0.3 is 15.2 Å². The largest absolute Gasteiger partial charge is 0.476 e. The van der Waals surface area contributed by atoms with Gasteiger partial charge in [0, 0.05) is 7.11 Å². The Morgan fingerprint density at radius 1 is 1.33 bits per heavy atom. The summed E-state index contributed by atoms with van der Waals surface area (Å²) in [5, 5.41) is 11.4. The number of nitrogens with one attached hydrogen (secondary N) is 1. The standard InChI is InChI=1S/C11H15N3O4/c1-11(2,6-18-3)14-9(15)7-4-13-8(5-12-7)10(16)17/h4-5H,6H2,1-3H3,(H,14,15)(H,16,17). The second-order valence-electron chi connectivity index (χ2n) is 4.36. The number of hydrogen-bond donors (Lipinski definition) is 2. The molecule has 18 heavy (non-hydrogen) atoms. The minimum atomic E-state index is -1.19. The first kappa shape index (κ1) is 14.0. The number of ether oxygens (including phenoxy) is 1. The van der Waals surface area contributed by atoms with E-state index >= 15 is 0 Å². The molecule has 98 valence electrons. The van der Waals surface area contributed by atoms with Gasteiger partial charge in [-0.2, -0.15) is 0 Å². The molecule has 1 amide bonds. The summed E-state index contributed by atoms with van der Waals surface area (Å²) in [6.07, 6.45) is 2.17. The molecule has 0 radical (unpaired) electrons. The first-order valence-electron chi connectivity index (χ1n) is 5.22. The van der Waals surface area contributed by atoms with Gasteiger partial charge in [0.05, 0.1) is 24.5 Å². The second kappa shape index (κ2) is 5.54. The molecule has 1 heterocycles. The number of carbonyl (C=O) groups is 2. The van der Waals surface area contributed by atoms with Crippen molar-refractivity contribution in [1.82, 2.24) is 15.3 Å². The highest BCUT2D eigenvalue weighted by molar-refractivity contribution is 5.93. The molecule has 0 unspecified atom stereocenters. The third-order valence-corrected chi connectivity index (χ3v) is 2.06. The lowest BCUT2D eigenvalue weighted by Gasteiger charge is -2.24. The van der Waals surface area contributed by atoms with Gasteiger partial charge in [0.15, 0.2) is 5.69 Å². The fraction of sp³-hybridized carbons (Fsp3) is 0.455. The molecule has 0 saturated carbocycles. The SMILES string of the molecule is COCC(C)(C)NC(=O)c1cnc(C(=O)O)cn1. The van der Waals surface area contributed by atoms with Gasteiger partial charge in [-0.3, -0.25) is 4.79 Å². The van der Waals surface area contributed by atoms with E-state index in [1.807, 2.05) is 0 Å². The molecule has 0 aliphatic rings. The average Bonchev–Trinajstić information content (AvgIpc) is 2.28. The van der Waals surface area contributed by atoms with Crippen LogP contribution in [0.4, 0.5) is 0 Å². The van der Waals surface area contributed by atoms with Crippen molar-refractivity contribution in [2.75, 3.05) is 13.7 Å². The van der Waals surface area contributed by atoms with Crippen LogP contribution in [0.5, 0.6) is 0 Å². The van der Waals surface area contributed by atoms with Gasteiger partial charge in [-0.05, 0) is 13.8 Å². The normalized spacial score (nSPS) is 11.1. The summed E-state index contributed by atoms with van der Waals surface area (Å²) in [6, 6.07) is 0. The Bertz CT molecular complexity index is 442. The Labute approximate surface area is 104 Å². The second-order valence-corrected chi connectivity index (χ2v) is 4.36. The van der Waals surface area contributed by atoms with Crippen LogP contribution >= 0.6 is 0 Å². The van der Waals surface area contributed by atoms with Crippen LogP contribution in [0, 0.1) is 0 Å². The molecular weight excluding hydrogens is 238 g/mol. The quantitative estimate of drug-likeness (QED) is 0.784. The van der Waals surface area contributed by atoms with Crippen LogP contribution in [0.2, 0.25) is 0 Å². The van der Waals surface area contributed by atoms with Crippen molar-refractivity contribution < 1.29 is 19.4 Å². The molecule has 2 N–H and O–H groups in total. The van der Waals surface area contributed by atoms with E-state index in [1.54, 1.807) is 13.8 Å². The molecule has 1 aromatic heterocycles. The molecule has 1 rings (SSSR count). The van der Waals surface area contributed by atoms with Crippen LogP contribution in [-0.4, -0.2) is 46.2 Å². The number of carbonyl (C=O) groups excluding carboxylic acids is 1. The first-order chi connectivity index (χ1) is 8.35. The van der Waals surface area contributed by atoms with E-state index in [2.05, 4.69) is 15.3 Å². The van der Waals surface area contributed by atoms with Crippen LogP contribution in [-0.2, 0) is 4.74 Å². The predicted octanol–water partition coefficient (Wildman–Crippen LogP) is 0.330. The number of methoxy groups -OCH3 is 1. The van der Waals surface area contributed by atoms with Gasteiger partial charge in [0.2, 0.25) is 0 Å². The molecular formula is C11H15N3O4. The number of amides is 1. The molecule has 0 aromatic carbocycles. The first-order valence-corrected chi connectivity index (χ1v) is 5.22. The number of carboxylic acid groups (broad SMARTS) is 1. The molecule has 1 aromatic rings. The van der Waals surface area contributed by atoms with Crippen LogP contribution in [0.15, 0.2) is 12.4 Å². The number of nitrogens with zero attached hydrogens (tertiary/aromatic N) is 2. The molecule has 0 fully saturated rings. The van der Waals surface area contributed by atoms with Crippen molar-refractivity contribution in [3.05, 3.63) is 23.8 Å². The highest BCUT2D eigenvalue weighted by Crippen LogP contribution is 2.04. The van der Waals surface area contributed by atoms with E-state index < -0.39 is 17.4 Å². The number of aromatic nitrogens is 2. The number of hydrogen-bond acceptors (Lipinski definition) is 5. The van der Waals surface area contributed by atoms with Crippen LogP contribution < -0.4 is 5.32 Å². The maximum atomic E-state index is 11.8. The Hall–Kier alpha value is -2.02. The topological polar surface area (TPSA) is 101 Å². The van der Waals surface area contributed by atoms with Gasteiger partial charge in [-0.1, -0.05) is 0 Å². The molecule has 0 spiro atoms. The number of rotatable bonds is 5. The van der Waals surface area contributed by atoms with Gasteiger partial charge in [-0.15, -0.1) is 0 Å². The third-order valence-electron chi connectivity index (χ3n) is 2.06. The molecule has 0 atom stereocenters. The third kappa shape index (κ3) is 3.77. The zero-order valence-electron chi connectivity index (χ0n) is 10.4. The Morgan fingerprint density at radius 2 is 1.89 bits per heavy atom. The lowest BCUT2D eigenvalue weighted by Crippen LogP contribution is -2.47. The predicted molar refractivity (Wildman–Crippen MR) is 62.4 cm³/mol. The van der Waals surface area contributed by atoms with E-state index in [9.17, 15) is 9.59 Å². The van der Waals surface area contributed by atoms with Crippen molar-refractivity contribution in [3.63, 3.8) is 0 Å². The van der Waals surface area contributed by atoms with Crippen molar-refractivity contribution in [2.24, 2.45) is 0 Å². The lowest BCUT2D eigenvalue weighted by atomic mass is 10.1. The van der Waals surface area contributed by atoms with E-state index in [4.69, 9.17) is 9.84 Å². The Morgan fingerprint density at radius 3 is 2.33 bits per heavy atom. The summed E-state index contributed by atoms with van der Waals surface area (Å²) < 4.78 is 4.97. The van der Waals surface area contributed by atoms with E-state index in [-0.39, 0.29) is 11.4 Å².